The van der Waals surface area contributed by atoms with Gasteiger partial charge < -0.3 is 9.64 Å². The van der Waals surface area contributed by atoms with Crippen molar-refractivity contribution < 1.29 is 13.9 Å². The van der Waals surface area contributed by atoms with E-state index in [2.05, 4.69) is 11.4 Å². The van der Waals surface area contributed by atoms with Crippen molar-refractivity contribution in [2.45, 2.75) is 19.4 Å². The highest BCUT2D eigenvalue weighted by molar-refractivity contribution is 7.10. The van der Waals surface area contributed by atoms with Gasteiger partial charge in [0.05, 0.1) is 13.5 Å². The number of nitrogens with zero attached hydrogens (tertiary/aromatic N) is 1. The molecule has 1 aromatic carbocycles. The number of ether oxygens (including phenoxy) is 1. The minimum absolute atomic E-state index is 0.0383. The minimum Gasteiger partial charge on any atom is -0.494 e. The SMILES string of the molecule is COc1ccc(CC(=O)N2CCc3sccc3C2)cc1F. The van der Waals surface area contributed by atoms with E-state index in [9.17, 15) is 9.18 Å². The van der Waals surface area contributed by atoms with Gasteiger partial charge in [0, 0.05) is 18.0 Å². The molecule has 2 heterocycles. The molecule has 1 aliphatic heterocycles. The molecule has 0 atom stereocenters. The topological polar surface area (TPSA) is 29.5 Å². The van der Waals surface area contributed by atoms with E-state index in [1.807, 2.05) is 4.90 Å². The summed E-state index contributed by atoms with van der Waals surface area (Å²) in [5.41, 5.74) is 1.91. The lowest BCUT2D eigenvalue weighted by Crippen LogP contribution is -2.36. The molecule has 2 aromatic rings. The molecular formula is C16H16FNO2S. The highest BCUT2D eigenvalue weighted by atomic mass is 32.1. The van der Waals surface area contributed by atoms with Crippen LogP contribution in [0.15, 0.2) is 29.6 Å². The third-order valence-corrected chi connectivity index (χ3v) is 4.75. The molecule has 0 saturated carbocycles. The number of amides is 1. The molecular weight excluding hydrogens is 289 g/mol. The Kier molecular flexibility index (Phi) is 3.92. The second-order valence-corrected chi connectivity index (χ2v) is 6.08. The summed E-state index contributed by atoms with van der Waals surface area (Å²) in [6.45, 7) is 1.40. The summed E-state index contributed by atoms with van der Waals surface area (Å²) in [5, 5.41) is 2.07. The Labute approximate surface area is 127 Å². The summed E-state index contributed by atoms with van der Waals surface area (Å²) >= 11 is 1.75. The van der Waals surface area contributed by atoms with Gasteiger partial charge in [-0.15, -0.1) is 11.3 Å². The smallest absolute Gasteiger partial charge is 0.227 e. The quantitative estimate of drug-likeness (QED) is 0.872. The summed E-state index contributed by atoms with van der Waals surface area (Å²) in [6, 6.07) is 6.74. The van der Waals surface area contributed by atoms with E-state index >= 15 is 0 Å². The van der Waals surface area contributed by atoms with E-state index in [0.717, 1.165) is 13.0 Å². The number of methoxy groups -OCH3 is 1. The first kappa shape index (κ1) is 14.1. The van der Waals surface area contributed by atoms with Crippen LogP contribution in [0.1, 0.15) is 16.0 Å². The van der Waals surface area contributed by atoms with Crippen LogP contribution in [0.3, 0.4) is 0 Å². The van der Waals surface area contributed by atoms with Gasteiger partial charge in [0.1, 0.15) is 0 Å². The van der Waals surface area contributed by atoms with Crippen molar-refractivity contribution >= 4 is 17.2 Å². The zero-order chi connectivity index (χ0) is 14.8. The van der Waals surface area contributed by atoms with Gasteiger partial charge in [-0.2, -0.15) is 0 Å². The van der Waals surface area contributed by atoms with Crippen LogP contribution in [0.25, 0.3) is 0 Å². The van der Waals surface area contributed by atoms with E-state index in [0.29, 0.717) is 12.1 Å². The zero-order valence-corrected chi connectivity index (χ0v) is 12.6. The van der Waals surface area contributed by atoms with E-state index in [4.69, 9.17) is 4.74 Å². The fourth-order valence-corrected chi connectivity index (χ4v) is 3.46. The third kappa shape index (κ3) is 2.93. The monoisotopic (exact) mass is 305 g/mol. The maximum absolute atomic E-state index is 13.7. The molecule has 3 nitrogen and oxygen atoms in total. The molecule has 3 rings (SSSR count). The Morgan fingerprint density at radius 1 is 1.43 bits per heavy atom. The third-order valence-electron chi connectivity index (χ3n) is 3.73. The molecule has 21 heavy (non-hydrogen) atoms. The molecule has 110 valence electrons. The number of fused-ring (bicyclic) bond motifs is 1. The Bertz CT molecular complexity index is 668. The summed E-state index contributed by atoms with van der Waals surface area (Å²) in [5.74, 6) is -0.190. The number of hydrogen-bond acceptors (Lipinski definition) is 3. The van der Waals surface area contributed by atoms with Gasteiger partial charge in [0.15, 0.2) is 11.6 Å². The molecule has 0 N–H and O–H groups in total. The predicted octanol–water partition coefficient (Wildman–Crippen LogP) is 3.02. The van der Waals surface area contributed by atoms with Crippen LogP contribution in [0, 0.1) is 5.82 Å². The maximum Gasteiger partial charge on any atom is 0.227 e. The molecule has 0 saturated heterocycles. The van der Waals surface area contributed by atoms with Crippen molar-refractivity contribution in [3.05, 3.63) is 51.5 Å². The number of hydrogen-bond donors (Lipinski definition) is 0. The van der Waals surface area contributed by atoms with Crippen LogP contribution < -0.4 is 4.74 Å². The number of carbonyl (C=O) groups excluding carboxylic acids is 1. The number of carbonyl (C=O) groups is 1. The number of thiophene rings is 1. The summed E-state index contributed by atoms with van der Waals surface area (Å²) in [4.78, 5) is 15.6. The minimum atomic E-state index is -0.429. The van der Waals surface area contributed by atoms with Gasteiger partial charge in [0.25, 0.3) is 0 Å². The molecule has 1 amide bonds. The molecule has 0 bridgehead atoms. The van der Waals surface area contributed by atoms with Crippen molar-refractivity contribution in [2.75, 3.05) is 13.7 Å². The fourth-order valence-electron chi connectivity index (χ4n) is 2.57. The molecule has 0 spiro atoms. The lowest BCUT2D eigenvalue weighted by molar-refractivity contribution is -0.131. The van der Waals surface area contributed by atoms with Crippen LogP contribution in [-0.2, 0) is 24.2 Å². The van der Waals surface area contributed by atoms with Crippen molar-refractivity contribution in [3.8, 4) is 5.75 Å². The molecule has 0 unspecified atom stereocenters. The van der Waals surface area contributed by atoms with Gasteiger partial charge >= 0.3 is 0 Å². The summed E-state index contributed by atoms with van der Waals surface area (Å²) in [6.07, 6.45) is 1.14. The molecule has 1 aliphatic rings. The van der Waals surface area contributed by atoms with Crippen LogP contribution in [-0.4, -0.2) is 24.5 Å². The zero-order valence-electron chi connectivity index (χ0n) is 11.8. The van der Waals surface area contributed by atoms with Crippen LogP contribution in [0.4, 0.5) is 4.39 Å². The number of halogens is 1. The van der Waals surface area contributed by atoms with Gasteiger partial charge in [-0.25, -0.2) is 4.39 Å². The fraction of sp³-hybridized carbons (Fsp3) is 0.312. The van der Waals surface area contributed by atoms with Gasteiger partial charge in [-0.3, -0.25) is 4.79 Å². The van der Waals surface area contributed by atoms with E-state index in [1.165, 1.54) is 23.6 Å². The first-order valence-electron chi connectivity index (χ1n) is 6.83. The predicted molar refractivity (Wildman–Crippen MR) is 80.1 cm³/mol. The van der Waals surface area contributed by atoms with Crippen LogP contribution in [0.5, 0.6) is 5.75 Å². The second-order valence-electron chi connectivity index (χ2n) is 5.08. The largest absolute Gasteiger partial charge is 0.494 e. The van der Waals surface area contributed by atoms with Crippen molar-refractivity contribution in [3.63, 3.8) is 0 Å². The Morgan fingerprint density at radius 3 is 3.05 bits per heavy atom. The molecule has 5 heteroatoms. The Balaban J connectivity index is 1.68. The van der Waals surface area contributed by atoms with Gasteiger partial charge in [-0.1, -0.05) is 6.07 Å². The lowest BCUT2D eigenvalue weighted by Gasteiger charge is -2.27. The summed E-state index contributed by atoms with van der Waals surface area (Å²) in [7, 11) is 1.43. The van der Waals surface area contributed by atoms with Crippen LogP contribution in [0.2, 0.25) is 0 Å². The number of benzene rings is 1. The lowest BCUT2D eigenvalue weighted by atomic mass is 10.1. The first-order chi connectivity index (χ1) is 10.2. The van der Waals surface area contributed by atoms with Gasteiger partial charge in [-0.05, 0) is 41.1 Å². The number of rotatable bonds is 3. The maximum atomic E-state index is 13.7. The van der Waals surface area contributed by atoms with Crippen molar-refractivity contribution in [1.82, 2.24) is 4.90 Å². The molecule has 0 aliphatic carbocycles. The highest BCUT2D eigenvalue weighted by Crippen LogP contribution is 2.25. The average molecular weight is 305 g/mol. The Hall–Kier alpha value is -1.88. The van der Waals surface area contributed by atoms with E-state index in [1.54, 1.807) is 23.5 Å². The standard InChI is InChI=1S/C16H16FNO2S/c1-20-14-3-2-11(8-13(14)17)9-16(19)18-6-4-15-12(10-18)5-7-21-15/h2-3,5,7-8H,4,6,9-10H2,1H3. The normalized spacial score (nSPS) is 13.9. The van der Waals surface area contributed by atoms with E-state index < -0.39 is 5.82 Å². The van der Waals surface area contributed by atoms with Gasteiger partial charge in [0.2, 0.25) is 5.91 Å². The van der Waals surface area contributed by atoms with Crippen LogP contribution >= 0.6 is 11.3 Å². The average Bonchev–Trinajstić information content (AvgIpc) is 2.94. The summed E-state index contributed by atoms with van der Waals surface area (Å²) < 4.78 is 18.5. The van der Waals surface area contributed by atoms with Crippen molar-refractivity contribution in [2.24, 2.45) is 0 Å². The molecule has 1 aromatic heterocycles. The highest BCUT2D eigenvalue weighted by Gasteiger charge is 2.21. The van der Waals surface area contributed by atoms with Crippen molar-refractivity contribution in [1.29, 1.82) is 0 Å². The van der Waals surface area contributed by atoms with E-state index in [-0.39, 0.29) is 18.1 Å². The molecule has 0 fully saturated rings. The second kappa shape index (κ2) is 5.85. The molecule has 0 radical (unpaired) electrons. The Morgan fingerprint density at radius 2 is 2.29 bits per heavy atom. The first-order valence-corrected chi connectivity index (χ1v) is 7.71.